The van der Waals surface area contributed by atoms with Gasteiger partial charge in [-0.15, -0.1) is 0 Å². The number of carbonyl (C=O) groups excluding carboxylic acids is 1. The number of ether oxygens (including phenoxy) is 1. The maximum Gasteiger partial charge on any atom is 0.312 e. The molecule has 110 valence electrons. The molecule has 0 aliphatic carbocycles. The van der Waals surface area contributed by atoms with Gasteiger partial charge >= 0.3 is 6.03 Å². The van der Waals surface area contributed by atoms with Crippen LogP contribution in [-0.2, 0) is 6.54 Å². The van der Waals surface area contributed by atoms with Crippen LogP contribution in [0.1, 0.15) is 11.1 Å². The number of methoxy groups -OCH3 is 1. The van der Waals surface area contributed by atoms with Gasteiger partial charge in [0.2, 0.25) is 0 Å². The van der Waals surface area contributed by atoms with E-state index in [1.54, 1.807) is 12.1 Å². The van der Waals surface area contributed by atoms with Gasteiger partial charge in [0.1, 0.15) is 5.75 Å². The van der Waals surface area contributed by atoms with Crippen LogP contribution >= 0.6 is 0 Å². The van der Waals surface area contributed by atoms with Crippen molar-refractivity contribution in [1.29, 1.82) is 0 Å². The highest BCUT2D eigenvalue weighted by Crippen LogP contribution is 2.19. The van der Waals surface area contributed by atoms with E-state index >= 15 is 0 Å². The van der Waals surface area contributed by atoms with Crippen LogP contribution in [0.15, 0.2) is 23.4 Å². The Hall–Kier alpha value is -2.48. The van der Waals surface area contributed by atoms with Gasteiger partial charge in [0.25, 0.3) is 0 Å². The predicted octanol–water partition coefficient (Wildman–Crippen LogP) is -0.452. The van der Waals surface area contributed by atoms with Crippen molar-refractivity contribution in [3.8, 4) is 5.75 Å². The molecule has 0 radical (unpaired) electrons. The Morgan fingerprint density at radius 1 is 1.40 bits per heavy atom. The maximum atomic E-state index is 10.5. The summed E-state index contributed by atoms with van der Waals surface area (Å²) in [6.45, 7) is 1.59. The average Bonchev–Trinajstić information content (AvgIpc) is 2.45. The van der Waals surface area contributed by atoms with Gasteiger partial charge in [-0.25, -0.2) is 4.79 Å². The van der Waals surface area contributed by atoms with Crippen molar-refractivity contribution in [3.63, 3.8) is 0 Å². The molecule has 0 spiro atoms. The molecule has 0 heterocycles. The average molecular weight is 281 g/mol. The molecule has 0 aliphatic rings. The fraction of sp³-hybridized carbons (Fsp3) is 0.333. The number of nitrogens with zero attached hydrogens (tertiary/aromatic N) is 1. The number of benzene rings is 1. The van der Waals surface area contributed by atoms with Crippen molar-refractivity contribution < 1.29 is 14.7 Å². The van der Waals surface area contributed by atoms with E-state index in [1.165, 1.54) is 7.11 Å². The van der Waals surface area contributed by atoms with Gasteiger partial charge < -0.3 is 32.0 Å². The second-order valence-corrected chi connectivity index (χ2v) is 3.99. The molecule has 0 aromatic heterocycles. The number of primary amides is 1. The molecule has 8 nitrogen and oxygen atoms in total. The zero-order chi connectivity index (χ0) is 15.0. The van der Waals surface area contributed by atoms with Crippen molar-refractivity contribution in [1.82, 2.24) is 10.6 Å². The number of hydrogen-bond acceptors (Lipinski definition) is 5. The molecule has 0 bridgehead atoms. The number of amidine groups is 1. The molecule has 0 fully saturated rings. The minimum atomic E-state index is -0.550. The number of nitrogens with one attached hydrogen (secondary N) is 2. The Balaban J connectivity index is 2.61. The minimum Gasteiger partial charge on any atom is -0.496 e. The third-order valence-electron chi connectivity index (χ3n) is 2.58. The number of nitrogens with two attached hydrogens (primary N) is 2. The number of oxime groups is 1. The lowest BCUT2D eigenvalue weighted by molar-refractivity contribution is 0.249. The smallest absolute Gasteiger partial charge is 0.312 e. The molecule has 1 rings (SSSR count). The third-order valence-corrected chi connectivity index (χ3v) is 2.58. The molecule has 0 saturated heterocycles. The third kappa shape index (κ3) is 4.65. The first-order valence-corrected chi connectivity index (χ1v) is 5.97. The quantitative estimate of drug-likeness (QED) is 0.152. The molecule has 8 heteroatoms. The molecule has 0 unspecified atom stereocenters. The highest BCUT2D eigenvalue weighted by molar-refractivity contribution is 5.99. The standard InChI is InChI=1S/C12H19N5O3/c1-20-10-3-2-8(6-9(10)11(13)17-19)7-15-4-5-16-12(14)18/h2-3,6,15,19H,4-5,7H2,1H3,(H2,13,17)(H3,14,16,18). The van der Waals surface area contributed by atoms with Crippen LogP contribution in [0.3, 0.4) is 0 Å². The Bertz CT molecular complexity index is 490. The molecule has 7 N–H and O–H groups in total. The molecule has 0 aliphatic heterocycles. The number of hydrogen-bond donors (Lipinski definition) is 5. The maximum absolute atomic E-state index is 10.5. The Labute approximate surface area is 116 Å². The molecular weight excluding hydrogens is 262 g/mol. The highest BCUT2D eigenvalue weighted by Gasteiger charge is 2.08. The van der Waals surface area contributed by atoms with Gasteiger partial charge in [-0.3, -0.25) is 0 Å². The van der Waals surface area contributed by atoms with Crippen LogP contribution in [0.4, 0.5) is 4.79 Å². The summed E-state index contributed by atoms with van der Waals surface area (Å²) in [5, 5.41) is 17.3. The van der Waals surface area contributed by atoms with Crippen molar-refractivity contribution in [2.24, 2.45) is 16.6 Å². The molecular formula is C12H19N5O3. The summed E-state index contributed by atoms with van der Waals surface area (Å²) in [6.07, 6.45) is 0. The van der Waals surface area contributed by atoms with Crippen molar-refractivity contribution in [3.05, 3.63) is 29.3 Å². The van der Waals surface area contributed by atoms with Crippen molar-refractivity contribution in [2.45, 2.75) is 6.54 Å². The van der Waals surface area contributed by atoms with E-state index in [4.69, 9.17) is 21.4 Å². The molecule has 2 amide bonds. The van der Waals surface area contributed by atoms with Gasteiger partial charge in [0.15, 0.2) is 5.84 Å². The summed E-state index contributed by atoms with van der Waals surface area (Å²) in [7, 11) is 1.51. The van der Waals surface area contributed by atoms with Gasteiger partial charge in [0, 0.05) is 19.6 Å². The molecule has 1 aromatic rings. The second kappa shape index (κ2) is 7.85. The minimum absolute atomic E-state index is 0.0147. The Morgan fingerprint density at radius 3 is 2.75 bits per heavy atom. The fourth-order valence-electron chi connectivity index (χ4n) is 1.63. The van der Waals surface area contributed by atoms with Crippen LogP contribution in [0.2, 0.25) is 0 Å². The van der Waals surface area contributed by atoms with E-state index in [1.807, 2.05) is 6.07 Å². The molecule has 1 aromatic carbocycles. The van der Waals surface area contributed by atoms with Crippen molar-refractivity contribution in [2.75, 3.05) is 20.2 Å². The SMILES string of the molecule is COc1ccc(CNCCNC(N)=O)cc1/C(N)=N/O. The zero-order valence-electron chi connectivity index (χ0n) is 11.2. The number of carbonyl (C=O) groups is 1. The van der Waals surface area contributed by atoms with Gasteiger partial charge in [-0.2, -0.15) is 0 Å². The first-order chi connectivity index (χ1) is 9.58. The first kappa shape index (κ1) is 15.6. The van der Waals surface area contributed by atoms with Gasteiger partial charge in [-0.1, -0.05) is 11.2 Å². The summed E-state index contributed by atoms with van der Waals surface area (Å²) in [4.78, 5) is 10.5. The fourth-order valence-corrected chi connectivity index (χ4v) is 1.63. The molecule has 0 atom stereocenters. The lowest BCUT2D eigenvalue weighted by Crippen LogP contribution is -2.35. The monoisotopic (exact) mass is 281 g/mol. The Kier molecular flexibility index (Phi) is 6.11. The predicted molar refractivity (Wildman–Crippen MR) is 74.8 cm³/mol. The van der Waals surface area contributed by atoms with Crippen LogP contribution in [0.5, 0.6) is 5.75 Å². The largest absolute Gasteiger partial charge is 0.496 e. The normalized spacial score (nSPS) is 11.2. The Morgan fingerprint density at radius 2 is 2.15 bits per heavy atom. The summed E-state index contributed by atoms with van der Waals surface area (Å²) < 4.78 is 5.14. The van der Waals surface area contributed by atoms with E-state index in [-0.39, 0.29) is 5.84 Å². The van der Waals surface area contributed by atoms with E-state index < -0.39 is 6.03 Å². The summed E-state index contributed by atoms with van der Waals surface area (Å²) in [6, 6.07) is 4.82. The summed E-state index contributed by atoms with van der Waals surface area (Å²) in [5.74, 6) is 0.513. The van der Waals surface area contributed by atoms with Gasteiger partial charge in [0.05, 0.1) is 12.7 Å². The number of urea groups is 1. The van der Waals surface area contributed by atoms with Crippen LogP contribution in [0, 0.1) is 0 Å². The van der Waals surface area contributed by atoms with Gasteiger partial charge in [-0.05, 0) is 17.7 Å². The lowest BCUT2D eigenvalue weighted by atomic mass is 10.1. The lowest BCUT2D eigenvalue weighted by Gasteiger charge is -2.10. The zero-order valence-corrected chi connectivity index (χ0v) is 11.2. The topological polar surface area (TPSA) is 135 Å². The second-order valence-electron chi connectivity index (χ2n) is 3.99. The van der Waals surface area contributed by atoms with Crippen LogP contribution in [0.25, 0.3) is 0 Å². The van der Waals surface area contributed by atoms with Crippen LogP contribution < -0.4 is 26.8 Å². The first-order valence-electron chi connectivity index (χ1n) is 5.97. The molecule has 20 heavy (non-hydrogen) atoms. The number of amides is 2. The highest BCUT2D eigenvalue weighted by atomic mass is 16.5. The van der Waals surface area contributed by atoms with Crippen molar-refractivity contribution >= 4 is 11.9 Å². The number of rotatable bonds is 7. The van der Waals surface area contributed by atoms with E-state index in [0.717, 1.165) is 5.56 Å². The van der Waals surface area contributed by atoms with E-state index in [2.05, 4.69) is 15.8 Å². The molecule has 0 saturated carbocycles. The van der Waals surface area contributed by atoms with Crippen LogP contribution in [-0.4, -0.2) is 37.3 Å². The summed E-state index contributed by atoms with van der Waals surface area (Å²) >= 11 is 0. The summed E-state index contributed by atoms with van der Waals surface area (Å²) in [5.41, 5.74) is 12.0. The van der Waals surface area contributed by atoms with E-state index in [0.29, 0.717) is 30.9 Å². The van der Waals surface area contributed by atoms with E-state index in [9.17, 15) is 4.79 Å².